The number of rotatable bonds is 4. The summed E-state index contributed by atoms with van der Waals surface area (Å²) in [6.45, 7) is 14.5. The van der Waals surface area contributed by atoms with E-state index >= 15 is 0 Å². The van der Waals surface area contributed by atoms with Gasteiger partial charge in [-0.25, -0.2) is 9.97 Å². The molecule has 0 saturated carbocycles. The van der Waals surface area contributed by atoms with E-state index in [1.165, 1.54) is 0 Å². The van der Waals surface area contributed by atoms with E-state index in [2.05, 4.69) is 42.0 Å². The van der Waals surface area contributed by atoms with E-state index in [1.807, 2.05) is 39.8 Å². The fraction of sp³-hybridized carbons (Fsp3) is 0.220. The van der Waals surface area contributed by atoms with Crippen LogP contribution in [0.1, 0.15) is 62.3 Å². The first-order valence-electron chi connectivity index (χ1n) is 16.7. The summed E-state index contributed by atoms with van der Waals surface area (Å²) in [4.78, 5) is 36.0. The molecular formula is C41H40Cl2N6O2Si. The second-order valence-electron chi connectivity index (χ2n) is 14.0. The molecule has 0 atom stereocenters. The molecule has 0 aliphatic heterocycles. The van der Waals surface area contributed by atoms with E-state index in [1.54, 1.807) is 69.8 Å². The number of terminal acetylenes is 1. The van der Waals surface area contributed by atoms with Crippen LogP contribution in [0.3, 0.4) is 0 Å². The van der Waals surface area contributed by atoms with Gasteiger partial charge in [-0.2, -0.15) is 0 Å². The number of benzene rings is 4. The molecule has 0 amide bonds. The van der Waals surface area contributed by atoms with Crippen LogP contribution in [0.4, 0.5) is 11.4 Å². The zero-order valence-corrected chi connectivity index (χ0v) is 32.7. The number of halogens is 2. The topological polar surface area (TPSA) is 122 Å². The Morgan fingerprint density at radius 2 is 1.04 bits per heavy atom. The van der Waals surface area contributed by atoms with Gasteiger partial charge in [0.05, 0.1) is 44.3 Å². The molecule has 0 unspecified atom stereocenters. The Bertz CT molecular complexity index is 2550. The van der Waals surface area contributed by atoms with Crippen LogP contribution < -0.4 is 22.6 Å². The molecule has 0 bridgehead atoms. The summed E-state index contributed by atoms with van der Waals surface area (Å²) in [5, 5.41) is 2.17. The molecule has 0 spiro atoms. The summed E-state index contributed by atoms with van der Waals surface area (Å²) in [5.74, 6) is 7.10. The zero-order valence-electron chi connectivity index (χ0n) is 30.2. The van der Waals surface area contributed by atoms with Gasteiger partial charge in [-0.15, -0.1) is 12.0 Å². The minimum Gasteiger partial charge on any atom is -0.398 e. The first-order valence-corrected chi connectivity index (χ1v) is 21.0. The zero-order chi connectivity index (χ0) is 38.1. The molecule has 52 heavy (non-hydrogen) atoms. The van der Waals surface area contributed by atoms with Gasteiger partial charge in [-0.3, -0.25) is 18.7 Å². The van der Waals surface area contributed by atoms with Crippen LogP contribution in [0.5, 0.6) is 0 Å². The van der Waals surface area contributed by atoms with Gasteiger partial charge in [0.1, 0.15) is 19.7 Å². The van der Waals surface area contributed by atoms with Crippen LogP contribution >= 0.6 is 23.2 Å². The summed E-state index contributed by atoms with van der Waals surface area (Å²) in [5.41, 5.74) is 19.7. The average molecular weight is 748 g/mol. The number of nitrogen functional groups attached to an aromatic ring is 2. The Labute approximate surface area is 314 Å². The lowest BCUT2D eigenvalue weighted by Gasteiger charge is -2.17. The molecule has 2 aromatic heterocycles. The monoisotopic (exact) mass is 746 g/mol. The largest absolute Gasteiger partial charge is 0.398 e. The van der Waals surface area contributed by atoms with E-state index in [4.69, 9.17) is 46.1 Å². The Morgan fingerprint density at radius 1 is 0.654 bits per heavy atom. The van der Waals surface area contributed by atoms with E-state index < -0.39 is 8.07 Å². The molecule has 8 nitrogen and oxygen atoms in total. The summed E-state index contributed by atoms with van der Waals surface area (Å²) in [7, 11) is -1.61. The quantitative estimate of drug-likeness (QED) is 0.106. The third-order valence-electron chi connectivity index (χ3n) is 8.11. The lowest BCUT2D eigenvalue weighted by atomic mass is 10.1. The van der Waals surface area contributed by atoms with Gasteiger partial charge < -0.3 is 11.5 Å². The molecule has 11 heteroatoms. The standard InChI is InChI=1S/C22H24ClN3OSi.C19H16ClN3O/c1-14(2)21-25-20-17(12-13-28(3,4)5)19(24)11-10-18(20)22(27)26(21)16-8-6-15(23)7-9-16;1-4-14-16(21)10-9-15-17(14)22-18(11(2)3)23(19(15)24)13-7-5-12(20)6-8-13/h6-11,14H,24H2,1-5H3;1,5-11H,21H2,2-3H3. The molecule has 6 rings (SSSR count). The number of anilines is 2. The number of aromatic nitrogens is 4. The maximum Gasteiger partial charge on any atom is 0.266 e. The highest BCUT2D eigenvalue weighted by Crippen LogP contribution is 2.26. The minimum absolute atomic E-state index is 0.0184. The maximum absolute atomic E-state index is 13.4. The van der Waals surface area contributed by atoms with Gasteiger partial charge in [0.15, 0.2) is 0 Å². The molecular weight excluding hydrogens is 707 g/mol. The maximum atomic E-state index is 13.4. The third-order valence-corrected chi connectivity index (χ3v) is 9.49. The highest BCUT2D eigenvalue weighted by atomic mass is 35.5. The van der Waals surface area contributed by atoms with Crippen LogP contribution in [-0.2, 0) is 0 Å². The van der Waals surface area contributed by atoms with Crippen LogP contribution in [0.25, 0.3) is 33.2 Å². The van der Waals surface area contributed by atoms with Crippen LogP contribution in [-0.4, -0.2) is 27.2 Å². The van der Waals surface area contributed by atoms with Crippen LogP contribution in [0.15, 0.2) is 82.4 Å². The van der Waals surface area contributed by atoms with Crippen molar-refractivity contribution in [2.24, 2.45) is 0 Å². The highest BCUT2D eigenvalue weighted by Gasteiger charge is 2.20. The van der Waals surface area contributed by atoms with Gasteiger partial charge in [-0.05, 0) is 72.8 Å². The van der Waals surface area contributed by atoms with E-state index in [0.717, 1.165) is 5.69 Å². The normalized spacial score (nSPS) is 11.3. The van der Waals surface area contributed by atoms with Crippen molar-refractivity contribution in [1.29, 1.82) is 0 Å². The number of fused-ring (bicyclic) bond motifs is 2. The van der Waals surface area contributed by atoms with Gasteiger partial charge in [0.2, 0.25) is 0 Å². The predicted octanol–water partition coefficient (Wildman–Crippen LogP) is 8.70. The highest BCUT2D eigenvalue weighted by molar-refractivity contribution is 6.83. The summed E-state index contributed by atoms with van der Waals surface area (Å²) in [6, 6.07) is 21.0. The van der Waals surface area contributed by atoms with Gasteiger partial charge in [0.25, 0.3) is 11.1 Å². The Hall–Kier alpha value is -5.32. The average Bonchev–Trinajstić information content (AvgIpc) is 3.08. The smallest absolute Gasteiger partial charge is 0.266 e. The predicted molar refractivity (Wildman–Crippen MR) is 220 cm³/mol. The molecule has 4 aromatic carbocycles. The molecule has 6 aromatic rings. The van der Waals surface area contributed by atoms with Crippen molar-refractivity contribution in [2.45, 2.75) is 59.2 Å². The summed E-state index contributed by atoms with van der Waals surface area (Å²) < 4.78 is 3.25. The SMILES string of the molecule is C#Cc1c(N)ccc2c(=O)n(-c3ccc(Cl)cc3)c(C(C)C)nc12.CC(C)c1nc2c(C#C[Si](C)(C)C)c(N)ccc2c(=O)n1-c1ccc(Cl)cc1. The fourth-order valence-electron chi connectivity index (χ4n) is 5.56. The molecule has 0 aliphatic rings. The van der Waals surface area contributed by atoms with E-state index in [0.29, 0.717) is 71.7 Å². The van der Waals surface area contributed by atoms with E-state index in [-0.39, 0.29) is 23.0 Å². The number of nitrogens with two attached hydrogens (primary N) is 2. The first kappa shape index (κ1) is 37.9. The number of hydrogen-bond donors (Lipinski definition) is 2. The van der Waals surface area contributed by atoms with Crippen molar-refractivity contribution >= 4 is 64.5 Å². The van der Waals surface area contributed by atoms with Crippen molar-refractivity contribution < 1.29 is 0 Å². The molecule has 0 aliphatic carbocycles. The molecule has 0 radical (unpaired) electrons. The Kier molecular flexibility index (Phi) is 11.0. The van der Waals surface area contributed by atoms with Gasteiger partial charge in [0, 0.05) is 33.3 Å². The fourth-order valence-corrected chi connectivity index (χ4v) is 6.31. The Balaban J connectivity index is 0.000000203. The lowest BCUT2D eigenvalue weighted by molar-refractivity contribution is 0.723. The van der Waals surface area contributed by atoms with Crippen molar-refractivity contribution in [3.8, 4) is 35.2 Å². The van der Waals surface area contributed by atoms with Crippen molar-refractivity contribution in [3.63, 3.8) is 0 Å². The Morgan fingerprint density at radius 3 is 1.40 bits per heavy atom. The summed E-state index contributed by atoms with van der Waals surface area (Å²) in [6.07, 6.45) is 5.57. The van der Waals surface area contributed by atoms with Crippen molar-refractivity contribution in [1.82, 2.24) is 19.1 Å². The molecule has 2 heterocycles. The second kappa shape index (κ2) is 15.1. The molecule has 0 fully saturated rings. The van der Waals surface area contributed by atoms with Crippen LogP contribution in [0, 0.1) is 23.8 Å². The molecule has 264 valence electrons. The molecule has 4 N–H and O–H groups in total. The number of hydrogen-bond acceptors (Lipinski definition) is 6. The first-order chi connectivity index (χ1) is 24.5. The van der Waals surface area contributed by atoms with Crippen molar-refractivity contribution in [3.05, 3.63) is 126 Å². The third kappa shape index (κ3) is 7.78. The van der Waals surface area contributed by atoms with Gasteiger partial charge >= 0.3 is 0 Å². The van der Waals surface area contributed by atoms with Gasteiger partial charge in [-0.1, -0.05) is 82.4 Å². The summed E-state index contributed by atoms with van der Waals surface area (Å²) >= 11 is 12.0. The molecule has 0 saturated heterocycles. The number of nitrogens with zero attached hydrogens (tertiary/aromatic N) is 4. The van der Waals surface area contributed by atoms with E-state index in [9.17, 15) is 9.59 Å². The lowest BCUT2D eigenvalue weighted by Crippen LogP contribution is -2.25. The minimum atomic E-state index is -1.61. The van der Waals surface area contributed by atoms with Crippen LogP contribution in [0.2, 0.25) is 29.7 Å². The second-order valence-corrected chi connectivity index (χ2v) is 19.6. The van der Waals surface area contributed by atoms with Crippen molar-refractivity contribution in [2.75, 3.05) is 11.5 Å².